The summed E-state index contributed by atoms with van der Waals surface area (Å²) in [5.41, 5.74) is 13.4. The van der Waals surface area contributed by atoms with Crippen molar-refractivity contribution < 1.29 is 0 Å². The lowest BCUT2D eigenvalue weighted by molar-refractivity contribution is 1.27. The average Bonchev–Trinajstić information content (AvgIpc) is 3.46. The molecule has 0 bridgehead atoms. The molecule has 0 saturated carbocycles. The Kier molecular flexibility index (Phi) is 5.36. The van der Waals surface area contributed by atoms with Crippen molar-refractivity contribution in [2.24, 2.45) is 0 Å². The zero-order valence-electron chi connectivity index (χ0n) is 23.7. The summed E-state index contributed by atoms with van der Waals surface area (Å²) < 4.78 is 0. The summed E-state index contributed by atoms with van der Waals surface area (Å²) in [6.45, 7) is 0. The van der Waals surface area contributed by atoms with Gasteiger partial charge in [0.2, 0.25) is 0 Å². The van der Waals surface area contributed by atoms with Crippen molar-refractivity contribution in [3.8, 4) is 44.5 Å². The van der Waals surface area contributed by atoms with Gasteiger partial charge in [-0.15, -0.1) is 0 Å². The van der Waals surface area contributed by atoms with Crippen LogP contribution in [0.4, 0.5) is 0 Å². The van der Waals surface area contributed by atoms with Crippen LogP contribution in [0.1, 0.15) is 11.1 Å². The van der Waals surface area contributed by atoms with E-state index in [1.807, 2.05) is 0 Å². The quantitative estimate of drug-likeness (QED) is 0.194. The molecule has 0 unspecified atom stereocenters. The van der Waals surface area contributed by atoms with Crippen LogP contribution in [-0.2, 0) is 6.42 Å². The van der Waals surface area contributed by atoms with Crippen LogP contribution < -0.4 is 0 Å². The van der Waals surface area contributed by atoms with E-state index in [1.165, 1.54) is 88.0 Å². The van der Waals surface area contributed by atoms with E-state index in [0.717, 1.165) is 6.42 Å². The Labute approximate surface area is 251 Å². The van der Waals surface area contributed by atoms with Gasteiger partial charge in [0, 0.05) is 0 Å². The Morgan fingerprint density at radius 1 is 0.279 bits per heavy atom. The van der Waals surface area contributed by atoms with Gasteiger partial charge in [-0.05, 0) is 94.4 Å². The summed E-state index contributed by atoms with van der Waals surface area (Å²) in [7, 11) is 0. The lowest BCUT2D eigenvalue weighted by Crippen LogP contribution is -1.94. The fourth-order valence-electron chi connectivity index (χ4n) is 7.49. The summed E-state index contributed by atoms with van der Waals surface area (Å²) in [6, 6.07) is 58.1. The van der Waals surface area contributed by atoms with Crippen LogP contribution in [0.15, 0.2) is 158 Å². The third-order valence-electron chi connectivity index (χ3n) is 9.33. The third-order valence-corrected chi connectivity index (χ3v) is 9.33. The van der Waals surface area contributed by atoms with Crippen molar-refractivity contribution in [3.05, 3.63) is 169 Å². The van der Waals surface area contributed by atoms with Crippen molar-refractivity contribution in [1.82, 2.24) is 0 Å². The SMILES string of the molecule is c1ccc(-c2ccc(-c3c4ccccc4c(-c4cccc5c4Cc4ccccc4-5)c4ccccc34)c3ccccc23)cc1. The summed E-state index contributed by atoms with van der Waals surface area (Å²) in [6.07, 6.45) is 0.970. The van der Waals surface area contributed by atoms with Gasteiger partial charge >= 0.3 is 0 Å². The molecule has 0 saturated heterocycles. The number of benzene rings is 8. The predicted molar refractivity (Wildman–Crippen MR) is 184 cm³/mol. The molecule has 9 rings (SSSR count). The van der Waals surface area contributed by atoms with Crippen LogP contribution in [0.25, 0.3) is 76.8 Å². The fraction of sp³-hybridized carbons (Fsp3) is 0.0233. The molecule has 8 aromatic carbocycles. The van der Waals surface area contributed by atoms with E-state index in [9.17, 15) is 0 Å². The van der Waals surface area contributed by atoms with Gasteiger partial charge in [-0.3, -0.25) is 0 Å². The van der Waals surface area contributed by atoms with Crippen LogP contribution in [0, 0.1) is 0 Å². The van der Waals surface area contributed by atoms with Crippen molar-refractivity contribution >= 4 is 32.3 Å². The fourth-order valence-corrected chi connectivity index (χ4v) is 7.49. The smallest absolute Gasteiger partial charge is 0.000728 e. The van der Waals surface area contributed by atoms with Crippen molar-refractivity contribution in [2.45, 2.75) is 6.42 Å². The molecule has 200 valence electrons. The summed E-state index contributed by atoms with van der Waals surface area (Å²) in [4.78, 5) is 0. The van der Waals surface area contributed by atoms with E-state index in [4.69, 9.17) is 0 Å². The second-order valence-corrected chi connectivity index (χ2v) is 11.6. The molecule has 0 nitrogen and oxygen atoms in total. The zero-order valence-corrected chi connectivity index (χ0v) is 23.7. The highest BCUT2D eigenvalue weighted by atomic mass is 14.3. The molecule has 0 radical (unpaired) electrons. The van der Waals surface area contributed by atoms with E-state index < -0.39 is 0 Å². The molecule has 1 aliphatic carbocycles. The van der Waals surface area contributed by atoms with Gasteiger partial charge in [-0.2, -0.15) is 0 Å². The highest BCUT2D eigenvalue weighted by molar-refractivity contribution is 6.24. The first-order chi connectivity index (χ1) is 21.4. The Bertz CT molecular complexity index is 2300. The molecule has 0 N–H and O–H groups in total. The van der Waals surface area contributed by atoms with Gasteiger partial charge < -0.3 is 0 Å². The maximum Gasteiger partial charge on any atom is -0.000728 e. The van der Waals surface area contributed by atoms with Crippen LogP contribution in [0.5, 0.6) is 0 Å². The molecule has 0 aliphatic heterocycles. The molecular weight excluding hydrogens is 516 g/mol. The standard InChI is InChI=1S/C43H28/c1-2-13-28(14-3-1)31-25-26-40(34-18-7-6-17-32(31)34)43-37-21-10-8-19-35(37)42(36-20-9-11-22-38(36)43)39-24-12-23-33-30-16-5-4-15-29(30)27-41(33)39/h1-26H,27H2. The number of hydrogen-bond donors (Lipinski definition) is 0. The lowest BCUT2D eigenvalue weighted by Gasteiger charge is -2.21. The number of rotatable bonds is 3. The lowest BCUT2D eigenvalue weighted by atomic mass is 9.82. The molecule has 0 heterocycles. The highest BCUT2D eigenvalue weighted by Gasteiger charge is 2.24. The first-order valence-electron chi connectivity index (χ1n) is 15.1. The molecule has 0 fully saturated rings. The van der Waals surface area contributed by atoms with Crippen molar-refractivity contribution in [3.63, 3.8) is 0 Å². The Morgan fingerprint density at radius 2 is 0.744 bits per heavy atom. The Balaban J connectivity index is 1.37. The van der Waals surface area contributed by atoms with Crippen LogP contribution in [0.3, 0.4) is 0 Å². The molecule has 8 aromatic rings. The highest BCUT2D eigenvalue weighted by Crippen LogP contribution is 2.49. The zero-order chi connectivity index (χ0) is 28.3. The minimum atomic E-state index is 0.970. The molecule has 43 heavy (non-hydrogen) atoms. The van der Waals surface area contributed by atoms with Crippen LogP contribution in [-0.4, -0.2) is 0 Å². The van der Waals surface area contributed by atoms with E-state index >= 15 is 0 Å². The maximum absolute atomic E-state index is 2.34. The largest absolute Gasteiger partial charge is 0.0622 e. The Hall–Kier alpha value is -5.46. The van der Waals surface area contributed by atoms with Gasteiger partial charge in [-0.25, -0.2) is 0 Å². The normalized spacial score (nSPS) is 12.1. The first kappa shape index (κ1) is 24.2. The average molecular weight is 545 g/mol. The molecule has 0 spiro atoms. The minimum Gasteiger partial charge on any atom is -0.0622 e. The molecule has 0 atom stereocenters. The predicted octanol–water partition coefficient (Wildman–Crippen LogP) is 11.7. The first-order valence-corrected chi connectivity index (χ1v) is 15.1. The van der Waals surface area contributed by atoms with Crippen molar-refractivity contribution in [1.29, 1.82) is 0 Å². The maximum atomic E-state index is 2.34. The van der Waals surface area contributed by atoms with Gasteiger partial charge in [0.05, 0.1) is 0 Å². The minimum absolute atomic E-state index is 0.970. The van der Waals surface area contributed by atoms with Gasteiger partial charge in [0.25, 0.3) is 0 Å². The summed E-state index contributed by atoms with van der Waals surface area (Å²) in [5, 5.41) is 7.75. The summed E-state index contributed by atoms with van der Waals surface area (Å²) in [5.74, 6) is 0. The van der Waals surface area contributed by atoms with Gasteiger partial charge in [0.1, 0.15) is 0 Å². The second kappa shape index (κ2) is 9.54. The van der Waals surface area contributed by atoms with Crippen molar-refractivity contribution in [2.75, 3.05) is 0 Å². The number of fused-ring (bicyclic) bond motifs is 6. The van der Waals surface area contributed by atoms with Gasteiger partial charge in [-0.1, -0.05) is 158 Å². The second-order valence-electron chi connectivity index (χ2n) is 11.6. The molecule has 0 aromatic heterocycles. The van der Waals surface area contributed by atoms with E-state index in [-0.39, 0.29) is 0 Å². The van der Waals surface area contributed by atoms with E-state index in [0.29, 0.717) is 0 Å². The van der Waals surface area contributed by atoms with E-state index in [1.54, 1.807) is 0 Å². The summed E-state index contributed by atoms with van der Waals surface area (Å²) >= 11 is 0. The molecule has 1 aliphatic rings. The van der Waals surface area contributed by atoms with Crippen LogP contribution >= 0.6 is 0 Å². The van der Waals surface area contributed by atoms with Gasteiger partial charge in [0.15, 0.2) is 0 Å². The third kappa shape index (κ3) is 3.63. The van der Waals surface area contributed by atoms with E-state index in [2.05, 4.69) is 158 Å². The van der Waals surface area contributed by atoms with Crippen LogP contribution in [0.2, 0.25) is 0 Å². The molecule has 0 heteroatoms. The monoisotopic (exact) mass is 544 g/mol. The number of hydrogen-bond acceptors (Lipinski definition) is 0. The Morgan fingerprint density at radius 3 is 1.42 bits per heavy atom. The molecular formula is C43H28. The topological polar surface area (TPSA) is 0 Å². The molecule has 0 amide bonds.